The number of carbonyl (C=O) groups is 1. The minimum absolute atomic E-state index is 0.0903. The van der Waals surface area contributed by atoms with Crippen molar-refractivity contribution in [2.45, 2.75) is 24.1 Å². The molecule has 0 aromatic carbocycles. The molecule has 2 rings (SSSR count). The van der Waals surface area contributed by atoms with Crippen LogP contribution in [-0.2, 0) is 4.79 Å². The molecule has 6 radical (unpaired) electrons. The summed E-state index contributed by atoms with van der Waals surface area (Å²) in [5, 5.41) is -1.30. The molecule has 0 amide bonds. The lowest BCUT2D eigenvalue weighted by atomic mass is 9.48. The van der Waals surface area contributed by atoms with Crippen molar-refractivity contribution in [1.29, 1.82) is 0 Å². The maximum atomic E-state index is 11.2. The maximum absolute atomic E-state index is 11.2. The monoisotopic (exact) mass is 181 g/mol. The number of ketones is 1. The number of fused-ring (bicyclic) bond motifs is 1. The maximum Gasteiger partial charge on any atom is 0.156 e. The number of hydrogen-bond donors (Lipinski definition) is 0. The Bertz CT molecular complexity index is 284. The third-order valence-electron chi connectivity index (χ3n) is 3.03. The highest BCUT2D eigenvalue weighted by Crippen LogP contribution is 2.33. The standard InChI is InChI=1S/C9H10B3NO/c10-9(11,12)13-4-3-6-1-2-7(14)5-8(6)13/h1-2,6,8H,3-5H2. The van der Waals surface area contributed by atoms with Gasteiger partial charge in [-0.25, -0.2) is 0 Å². The van der Waals surface area contributed by atoms with Gasteiger partial charge in [-0.15, -0.1) is 0 Å². The molecular weight excluding hydrogens is 171 g/mol. The highest BCUT2D eigenvalue weighted by atomic mass is 16.1. The summed E-state index contributed by atoms with van der Waals surface area (Å²) in [4.78, 5) is 13.1. The van der Waals surface area contributed by atoms with Crippen LogP contribution in [0.2, 0.25) is 0 Å². The van der Waals surface area contributed by atoms with E-state index in [9.17, 15) is 4.79 Å². The summed E-state index contributed by atoms with van der Waals surface area (Å²) in [6, 6.07) is 0.0903. The number of carbonyl (C=O) groups excluding carboxylic acids is 1. The Morgan fingerprint density at radius 2 is 2.14 bits per heavy atom. The van der Waals surface area contributed by atoms with Crippen molar-refractivity contribution in [2.24, 2.45) is 5.92 Å². The fourth-order valence-corrected chi connectivity index (χ4v) is 2.35. The van der Waals surface area contributed by atoms with Gasteiger partial charge in [-0.1, -0.05) is 11.3 Å². The van der Waals surface area contributed by atoms with E-state index < -0.39 is 5.24 Å². The number of hydrogen-bond acceptors (Lipinski definition) is 2. The number of allylic oxidation sites excluding steroid dienone is 1. The van der Waals surface area contributed by atoms with Crippen LogP contribution in [-0.4, -0.2) is 52.0 Å². The van der Waals surface area contributed by atoms with Gasteiger partial charge >= 0.3 is 0 Å². The van der Waals surface area contributed by atoms with Crippen LogP contribution in [0.4, 0.5) is 0 Å². The van der Waals surface area contributed by atoms with Crippen molar-refractivity contribution in [3.63, 3.8) is 0 Å². The Morgan fingerprint density at radius 3 is 2.79 bits per heavy atom. The van der Waals surface area contributed by atoms with E-state index in [-0.39, 0.29) is 11.8 Å². The topological polar surface area (TPSA) is 20.3 Å². The van der Waals surface area contributed by atoms with Gasteiger partial charge in [0.05, 0.1) is 23.5 Å². The predicted molar refractivity (Wildman–Crippen MR) is 57.4 cm³/mol. The summed E-state index contributed by atoms with van der Waals surface area (Å²) < 4.78 is 0. The molecule has 2 aliphatic rings. The second-order valence-electron chi connectivity index (χ2n) is 4.13. The lowest BCUT2D eigenvalue weighted by Crippen LogP contribution is -2.54. The van der Waals surface area contributed by atoms with Gasteiger partial charge in [0.2, 0.25) is 0 Å². The molecule has 1 saturated heterocycles. The minimum Gasteiger partial charge on any atom is -0.318 e. The van der Waals surface area contributed by atoms with Crippen molar-refractivity contribution < 1.29 is 4.79 Å². The fraction of sp³-hybridized carbons (Fsp3) is 0.667. The SMILES string of the molecule is [B]C([B])([B])N1CCC2C=CC(=O)CC21. The average Bonchev–Trinajstić information content (AvgIpc) is 2.45. The van der Waals surface area contributed by atoms with Gasteiger partial charge in [0.15, 0.2) is 5.78 Å². The molecule has 1 heterocycles. The summed E-state index contributed by atoms with van der Waals surface area (Å²) in [5.74, 6) is 0.505. The third-order valence-corrected chi connectivity index (χ3v) is 3.03. The Kier molecular flexibility index (Phi) is 2.38. The first-order valence-corrected chi connectivity index (χ1v) is 4.83. The molecule has 2 nitrogen and oxygen atoms in total. The molecule has 5 heteroatoms. The summed E-state index contributed by atoms with van der Waals surface area (Å²) in [5.41, 5.74) is 0. The average molecular weight is 181 g/mol. The van der Waals surface area contributed by atoms with Crippen LogP contribution in [0.15, 0.2) is 12.2 Å². The van der Waals surface area contributed by atoms with Gasteiger partial charge in [0.1, 0.15) is 0 Å². The molecular formula is C9H10B3NO. The normalized spacial score (nSPS) is 33.3. The van der Waals surface area contributed by atoms with Crippen molar-refractivity contribution in [3.8, 4) is 0 Å². The van der Waals surface area contributed by atoms with Crippen molar-refractivity contribution in [2.75, 3.05) is 6.54 Å². The first-order chi connectivity index (χ1) is 6.48. The minimum atomic E-state index is -1.30. The quantitative estimate of drug-likeness (QED) is 0.499. The van der Waals surface area contributed by atoms with Crippen LogP contribution in [0.5, 0.6) is 0 Å². The Labute approximate surface area is 88.3 Å². The van der Waals surface area contributed by atoms with Gasteiger partial charge < -0.3 is 4.90 Å². The molecule has 2 atom stereocenters. The first-order valence-electron chi connectivity index (χ1n) is 4.83. The summed E-state index contributed by atoms with van der Waals surface area (Å²) in [6.07, 6.45) is 5.05. The van der Waals surface area contributed by atoms with Crippen LogP contribution in [0.25, 0.3) is 0 Å². The number of nitrogens with zero attached hydrogens (tertiary/aromatic N) is 1. The van der Waals surface area contributed by atoms with Gasteiger partial charge in [0, 0.05) is 12.5 Å². The molecule has 0 saturated carbocycles. The van der Waals surface area contributed by atoms with E-state index in [1.54, 1.807) is 6.08 Å². The Hall–Kier alpha value is -0.435. The van der Waals surface area contributed by atoms with Crippen molar-refractivity contribution >= 4 is 29.3 Å². The second kappa shape index (κ2) is 3.30. The molecule has 1 aliphatic carbocycles. The van der Waals surface area contributed by atoms with Crippen molar-refractivity contribution in [3.05, 3.63) is 12.2 Å². The molecule has 2 unspecified atom stereocenters. The Morgan fingerprint density at radius 1 is 1.43 bits per heavy atom. The lowest BCUT2D eigenvalue weighted by Gasteiger charge is -2.40. The Balaban J connectivity index is 2.19. The molecule has 0 spiro atoms. The third kappa shape index (κ3) is 1.70. The van der Waals surface area contributed by atoms with E-state index in [0.29, 0.717) is 12.3 Å². The van der Waals surface area contributed by atoms with Gasteiger partial charge in [0.25, 0.3) is 0 Å². The summed E-state index contributed by atoms with van der Waals surface area (Å²) in [7, 11) is 16.9. The van der Waals surface area contributed by atoms with Crippen molar-refractivity contribution in [1.82, 2.24) is 4.90 Å². The molecule has 0 bridgehead atoms. The number of likely N-dealkylation sites (tertiary alicyclic amines) is 1. The van der Waals surface area contributed by atoms with Crippen LogP contribution >= 0.6 is 0 Å². The van der Waals surface area contributed by atoms with E-state index in [1.165, 1.54) is 0 Å². The summed E-state index contributed by atoms with van der Waals surface area (Å²) >= 11 is 0. The smallest absolute Gasteiger partial charge is 0.156 e. The molecule has 0 aromatic heterocycles. The molecule has 0 aromatic rings. The number of rotatable bonds is 1. The van der Waals surface area contributed by atoms with Crippen LogP contribution in [0.1, 0.15) is 12.8 Å². The van der Waals surface area contributed by atoms with Gasteiger partial charge in [-0.05, 0) is 25.0 Å². The predicted octanol–water partition coefficient (Wildman–Crippen LogP) is -0.677. The molecule has 66 valence electrons. The molecule has 0 N–H and O–H groups in total. The van der Waals surface area contributed by atoms with E-state index in [0.717, 1.165) is 13.0 Å². The van der Waals surface area contributed by atoms with Crippen LogP contribution < -0.4 is 0 Å². The van der Waals surface area contributed by atoms with Crippen LogP contribution in [0, 0.1) is 5.92 Å². The van der Waals surface area contributed by atoms with Gasteiger partial charge in [-0.3, -0.25) is 4.79 Å². The lowest BCUT2D eigenvalue weighted by molar-refractivity contribution is -0.116. The molecule has 1 fully saturated rings. The fourth-order valence-electron chi connectivity index (χ4n) is 2.35. The highest BCUT2D eigenvalue weighted by Gasteiger charge is 2.39. The zero-order chi connectivity index (χ0) is 10.3. The van der Waals surface area contributed by atoms with E-state index >= 15 is 0 Å². The van der Waals surface area contributed by atoms with E-state index in [1.807, 2.05) is 11.0 Å². The molecule has 1 aliphatic heterocycles. The highest BCUT2D eigenvalue weighted by molar-refractivity contribution is 6.59. The largest absolute Gasteiger partial charge is 0.318 e. The van der Waals surface area contributed by atoms with Gasteiger partial charge in [-0.2, -0.15) is 0 Å². The second-order valence-corrected chi connectivity index (χ2v) is 4.13. The van der Waals surface area contributed by atoms with E-state index in [2.05, 4.69) is 0 Å². The zero-order valence-electron chi connectivity index (χ0n) is 8.02. The zero-order valence-corrected chi connectivity index (χ0v) is 8.02. The first kappa shape index (κ1) is 10.1. The van der Waals surface area contributed by atoms with Crippen LogP contribution in [0.3, 0.4) is 0 Å². The summed E-state index contributed by atoms with van der Waals surface area (Å²) in [6.45, 7) is 0.760. The van der Waals surface area contributed by atoms with E-state index in [4.69, 9.17) is 23.5 Å². The molecule has 14 heavy (non-hydrogen) atoms.